The van der Waals surface area contributed by atoms with Crippen molar-refractivity contribution < 1.29 is 9.47 Å². The molecule has 0 aromatic heterocycles. The van der Waals surface area contributed by atoms with Crippen molar-refractivity contribution in [1.82, 2.24) is 5.32 Å². The largest absolute Gasteiger partial charge is 0.496 e. The summed E-state index contributed by atoms with van der Waals surface area (Å²) in [6.45, 7) is 4.70. The molecule has 0 aliphatic carbocycles. The quantitative estimate of drug-likeness (QED) is 0.921. The zero-order chi connectivity index (χ0) is 13.7. The minimum Gasteiger partial charge on any atom is -0.496 e. The zero-order valence-corrected chi connectivity index (χ0v) is 13.0. The van der Waals surface area contributed by atoms with Gasteiger partial charge < -0.3 is 14.8 Å². The van der Waals surface area contributed by atoms with E-state index in [9.17, 15) is 0 Å². The van der Waals surface area contributed by atoms with Crippen LogP contribution >= 0.6 is 15.9 Å². The maximum Gasteiger partial charge on any atom is 0.126 e. The predicted octanol–water partition coefficient (Wildman–Crippen LogP) is 3.24. The summed E-state index contributed by atoms with van der Waals surface area (Å²) in [6, 6.07) is 6.46. The van der Waals surface area contributed by atoms with E-state index in [0.29, 0.717) is 6.04 Å². The molecule has 1 saturated heterocycles. The van der Waals surface area contributed by atoms with Gasteiger partial charge in [-0.05, 0) is 31.5 Å². The van der Waals surface area contributed by atoms with Crippen molar-refractivity contribution >= 4 is 22.0 Å². The van der Waals surface area contributed by atoms with Crippen molar-refractivity contribution in [2.24, 2.45) is 0 Å². The Bertz CT molecular complexity index is 453. The highest BCUT2D eigenvalue weighted by molar-refractivity contribution is 9.10. The summed E-state index contributed by atoms with van der Waals surface area (Å²) >= 11 is 3.50. The lowest BCUT2D eigenvalue weighted by molar-refractivity contribution is 0.0771. The van der Waals surface area contributed by atoms with Crippen LogP contribution in [0.4, 0.5) is 0 Å². The first-order valence-electron chi connectivity index (χ1n) is 6.51. The van der Waals surface area contributed by atoms with Crippen LogP contribution in [-0.4, -0.2) is 32.9 Å². The van der Waals surface area contributed by atoms with E-state index in [0.717, 1.165) is 42.0 Å². The van der Waals surface area contributed by atoms with Crippen LogP contribution in [0.1, 0.15) is 18.9 Å². The Morgan fingerprint density at radius 2 is 2.42 bits per heavy atom. The molecule has 1 atom stereocenters. The van der Waals surface area contributed by atoms with Crippen LogP contribution in [-0.2, 0) is 4.74 Å². The number of benzene rings is 1. The van der Waals surface area contributed by atoms with Gasteiger partial charge in [-0.1, -0.05) is 27.6 Å². The summed E-state index contributed by atoms with van der Waals surface area (Å²) in [6.07, 6.45) is 3.18. The van der Waals surface area contributed by atoms with Crippen molar-refractivity contribution in [2.75, 3.05) is 26.9 Å². The molecule has 1 unspecified atom stereocenters. The lowest BCUT2D eigenvalue weighted by Gasteiger charge is -2.24. The van der Waals surface area contributed by atoms with E-state index in [2.05, 4.69) is 40.3 Å². The van der Waals surface area contributed by atoms with Gasteiger partial charge in [-0.2, -0.15) is 0 Å². The summed E-state index contributed by atoms with van der Waals surface area (Å²) in [5, 5.41) is 3.47. The van der Waals surface area contributed by atoms with Gasteiger partial charge in [0.2, 0.25) is 0 Å². The first-order chi connectivity index (χ1) is 9.19. The maximum atomic E-state index is 5.48. The Morgan fingerprint density at radius 1 is 1.58 bits per heavy atom. The van der Waals surface area contributed by atoms with E-state index in [4.69, 9.17) is 9.47 Å². The van der Waals surface area contributed by atoms with Gasteiger partial charge in [-0.15, -0.1) is 0 Å². The molecule has 0 saturated carbocycles. The lowest BCUT2D eigenvalue weighted by atomic mass is 10.0. The third-order valence-corrected chi connectivity index (χ3v) is 3.65. The van der Waals surface area contributed by atoms with Crippen molar-refractivity contribution in [3.8, 4) is 5.75 Å². The highest BCUT2D eigenvalue weighted by Gasteiger charge is 2.13. The molecular weight excluding hydrogens is 306 g/mol. The van der Waals surface area contributed by atoms with Gasteiger partial charge in [0.05, 0.1) is 20.3 Å². The molecular formula is C15H20BrNO2. The Labute approximate surface area is 123 Å². The molecule has 104 valence electrons. The number of morpholine rings is 1. The van der Waals surface area contributed by atoms with Gasteiger partial charge >= 0.3 is 0 Å². The van der Waals surface area contributed by atoms with Crippen LogP contribution in [0.3, 0.4) is 0 Å². The summed E-state index contributed by atoms with van der Waals surface area (Å²) in [5.41, 5.74) is 2.42. The normalized spacial score (nSPS) is 20.4. The van der Waals surface area contributed by atoms with Crippen LogP contribution in [0, 0.1) is 0 Å². The fraction of sp³-hybridized carbons (Fsp3) is 0.467. The fourth-order valence-corrected chi connectivity index (χ4v) is 2.66. The second kappa shape index (κ2) is 7.08. The minimum absolute atomic E-state index is 0.420. The van der Waals surface area contributed by atoms with Crippen molar-refractivity contribution in [3.63, 3.8) is 0 Å². The van der Waals surface area contributed by atoms with Gasteiger partial charge in [0, 0.05) is 22.6 Å². The number of hydrogen-bond acceptors (Lipinski definition) is 3. The van der Waals surface area contributed by atoms with Crippen LogP contribution in [0.5, 0.6) is 5.75 Å². The summed E-state index contributed by atoms with van der Waals surface area (Å²) in [5.74, 6) is 0.899. The van der Waals surface area contributed by atoms with E-state index in [-0.39, 0.29) is 0 Å². The van der Waals surface area contributed by atoms with Crippen LogP contribution in [0.15, 0.2) is 28.2 Å². The monoisotopic (exact) mass is 325 g/mol. The number of hydrogen-bond donors (Lipinski definition) is 1. The molecule has 1 aliphatic heterocycles. The second-order valence-electron chi connectivity index (χ2n) is 4.81. The Hall–Kier alpha value is -0.840. The molecule has 1 aromatic rings. The van der Waals surface area contributed by atoms with Crippen LogP contribution in [0.2, 0.25) is 0 Å². The molecule has 3 nitrogen and oxygen atoms in total. The van der Waals surface area contributed by atoms with Crippen molar-refractivity contribution in [1.29, 1.82) is 0 Å². The molecule has 1 heterocycles. The average Bonchev–Trinajstić information content (AvgIpc) is 2.40. The van der Waals surface area contributed by atoms with Gasteiger partial charge in [0.15, 0.2) is 0 Å². The molecule has 0 spiro atoms. The number of rotatable bonds is 4. The summed E-state index contributed by atoms with van der Waals surface area (Å²) < 4.78 is 11.9. The highest BCUT2D eigenvalue weighted by atomic mass is 79.9. The molecule has 0 radical (unpaired) electrons. The molecule has 1 N–H and O–H groups in total. The second-order valence-corrected chi connectivity index (χ2v) is 5.72. The molecule has 1 aromatic carbocycles. The molecule has 1 fully saturated rings. The standard InChI is InChI=1S/C15H20BrNO2/c1-11(8-14-10-19-6-5-17-14)7-12-9-13(16)3-4-15(12)18-2/h3-4,7,9,14,17H,5-6,8,10H2,1-2H3/b11-7-. The van der Waals surface area contributed by atoms with Gasteiger partial charge in [-0.3, -0.25) is 0 Å². The van der Waals surface area contributed by atoms with E-state index in [1.54, 1.807) is 7.11 Å². The molecule has 4 heteroatoms. The topological polar surface area (TPSA) is 30.5 Å². The van der Waals surface area contributed by atoms with Gasteiger partial charge in [0.25, 0.3) is 0 Å². The zero-order valence-electron chi connectivity index (χ0n) is 11.4. The fourth-order valence-electron chi connectivity index (χ4n) is 2.28. The van der Waals surface area contributed by atoms with E-state index in [1.165, 1.54) is 5.57 Å². The lowest BCUT2D eigenvalue weighted by Crippen LogP contribution is -2.41. The Kier molecular flexibility index (Phi) is 5.43. The van der Waals surface area contributed by atoms with E-state index < -0.39 is 0 Å². The molecule has 2 rings (SSSR count). The predicted molar refractivity (Wildman–Crippen MR) is 81.6 cm³/mol. The van der Waals surface area contributed by atoms with Crippen molar-refractivity contribution in [2.45, 2.75) is 19.4 Å². The summed E-state index contributed by atoms with van der Waals surface area (Å²) in [7, 11) is 1.70. The van der Waals surface area contributed by atoms with Gasteiger partial charge in [0.1, 0.15) is 5.75 Å². The van der Waals surface area contributed by atoms with E-state index in [1.807, 2.05) is 12.1 Å². The molecule has 0 bridgehead atoms. The highest BCUT2D eigenvalue weighted by Crippen LogP contribution is 2.26. The first-order valence-corrected chi connectivity index (χ1v) is 7.30. The SMILES string of the molecule is COc1ccc(Br)cc1/C=C(/C)CC1COCCN1. The van der Waals surface area contributed by atoms with Gasteiger partial charge in [-0.25, -0.2) is 0 Å². The number of halogens is 1. The van der Waals surface area contributed by atoms with Crippen LogP contribution < -0.4 is 10.1 Å². The third kappa shape index (κ3) is 4.34. The first kappa shape index (κ1) is 14.6. The third-order valence-electron chi connectivity index (χ3n) is 3.16. The number of methoxy groups -OCH3 is 1. The Balaban J connectivity index is 2.08. The number of nitrogens with one attached hydrogen (secondary N) is 1. The van der Waals surface area contributed by atoms with Crippen LogP contribution in [0.25, 0.3) is 6.08 Å². The van der Waals surface area contributed by atoms with Crippen molar-refractivity contribution in [3.05, 3.63) is 33.8 Å². The molecule has 1 aliphatic rings. The van der Waals surface area contributed by atoms with E-state index >= 15 is 0 Å². The molecule has 19 heavy (non-hydrogen) atoms. The summed E-state index contributed by atoms with van der Waals surface area (Å²) in [4.78, 5) is 0. The smallest absolute Gasteiger partial charge is 0.126 e. The maximum absolute atomic E-state index is 5.48. The minimum atomic E-state index is 0.420. The average molecular weight is 326 g/mol. The number of ether oxygens (including phenoxy) is 2. The molecule has 0 amide bonds. The Morgan fingerprint density at radius 3 is 3.11 bits per heavy atom.